The number of esters is 2. The van der Waals surface area contributed by atoms with E-state index in [1.54, 1.807) is 85.7 Å². The Kier molecular flexibility index (Phi) is 15.9. The average molecular weight is 948 g/mol. The van der Waals surface area contributed by atoms with Gasteiger partial charge in [-0.05, 0) is 56.9 Å². The highest BCUT2D eigenvalue weighted by molar-refractivity contribution is 6.05. The van der Waals surface area contributed by atoms with Crippen molar-refractivity contribution in [1.82, 2.24) is 35.2 Å². The number of aromatic nitrogens is 4. The molecule has 1 fully saturated rings. The minimum Gasteiger partial charge on any atom is -0.462 e. The third-order valence-electron chi connectivity index (χ3n) is 11.0. The summed E-state index contributed by atoms with van der Waals surface area (Å²) in [6.07, 6.45) is 8.14. The van der Waals surface area contributed by atoms with E-state index in [4.69, 9.17) is 20.9 Å². The zero-order valence-electron chi connectivity index (χ0n) is 38.8. The molecule has 0 saturated heterocycles. The van der Waals surface area contributed by atoms with E-state index >= 15 is 0 Å². The second-order valence-electron chi connectivity index (χ2n) is 16.2. The Labute approximate surface area is 403 Å². The van der Waals surface area contributed by atoms with Gasteiger partial charge in [-0.25, -0.2) is 19.3 Å². The number of nitrogen functional groups attached to an aromatic ring is 2. The van der Waals surface area contributed by atoms with E-state index in [0.717, 1.165) is 29.7 Å². The number of amides is 2. The SMILES string of the molecule is CCOC(=O)c1cnn(CC(=O)c2ccccc2)c1N.CCOC(=O)c1nn(CC(=O)c2ccccc2)cc1N.Cc1ccc(C(=O)NC2CC2)cc1NC(=O)C1C=NN2C=C(c3ccccc3)NC12. The standard InChI is InChI=1S/C23H23N5O2.2C14H15N3O3/c1-14-7-8-16(22(29)25-17-9-10-17)11-19(14)27-23(30)18-12-24-28-13-20(26-21(18)28)15-5-3-2-4-6-15;1-2-20-14(19)13-11(15)8-17(16-13)9-12(18)10-6-4-3-5-7-10;1-2-20-14(19)11-8-16-17(13(11)15)9-12(18)10-6-4-3-5-7-10/h2-8,11-13,17-18,21,26H,9-10H2,1H3,(H,25,29)(H,27,30);2*3-8H,2,9,15H2,1H3. The number of carbonyl (C=O) groups is 6. The summed E-state index contributed by atoms with van der Waals surface area (Å²) in [5, 5.41) is 23.5. The summed E-state index contributed by atoms with van der Waals surface area (Å²) in [6.45, 7) is 5.82. The fourth-order valence-corrected chi connectivity index (χ4v) is 7.14. The van der Waals surface area contributed by atoms with Gasteiger partial charge in [-0.1, -0.05) is 97.1 Å². The Balaban J connectivity index is 0.000000161. The number of aryl methyl sites for hydroxylation is 1. The first-order valence-electron chi connectivity index (χ1n) is 22.6. The molecule has 70 heavy (non-hydrogen) atoms. The van der Waals surface area contributed by atoms with Gasteiger partial charge in [-0.2, -0.15) is 15.3 Å². The number of Topliss-reactive ketones (excluding diaryl/α,β-unsaturated/α-hetero) is 2. The molecule has 0 bridgehead atoms. The number of ketones is 2. The minimum absolute atomic E-state index is 0.0186. The molecule has 4 heterocycles. The number of hydrazone groups is 1. The molecule has 19 heteroatoms. The number of ether oxygens (including phenoxy) is 2. The third kappa shape index (κ3) is 12.4. The van der Waals surface area contributed by atoms with Crippen LogP contribution >= 0.6 is 0 Å². The van der Waals surface area contributed by atoms with Gasteiger partial charge in [-0.15, -0.1) is 0 Å². The number of nitrogens with one attached hydrogen (secondary N) is 3. The first-order valence-corrected chi connectivity index (χ1v) is 22.6. The van der Waals surface area contributed by atoms with Gasteiger partial charge < -0.3 is 36.9 Å². The van der Waals surface area contributed by atoms with Crippen LogP contribution in [0.3, 0.4) is 0 Å². The van der Waals surface area contributed by atoms with Gasteiger partial charge in [0.1, 0.15) is 36.6 Å². The highest BCUT2D eigenvalue weighted by Crippen LogP contribution is 2.29. The molecule has 2 amide bonds. The molecule has 2 aliphatic heterocycles. The molecule has 3 aliphatic rings. The van der Waals surface area contributed by atoms with Crippen LogP contribution < -0.4 is 27.4 Å². The Bertz CT molecular complexity index is 2900. The molecule has 2 unspecified atom stereocenters. The number of nitrogens with two attached hydrogens (primary N) is 2. The normalized spacial score (nSPS) is 15.1. The number of benzene rings is 4. The lowest BCUT2D eigenvalue weighted by atomic mass is 10.1. The van der Waals surface area contributed by atoms with Crippen molar-refractivity contribution >= 4 is 64.4 Å². The quantitative estimate of drug-likeness (QED) is 0.0610. The van der Waals surface area contributed by atoms with Crippen LogP contribution in [0.5, 0.6) is 0 Å². The lowest BCUT2D eigenvalue weighted by molar-refractivity contribution is -0.118. The van der Waals surface area contributed by atoms with Gasteiger partial charge in [0, 0.05) is 47.0 Å². The van der Waals surface area contributed by atoms with Crippen LogP contribution in [-0.2, 0) is 27.4 Å². The van der Waals surface area contributed by atoms with E-state index in [9.17, 15) is 28.8 Å². The molecule has 19 nitrogen and oxygen atoms in total. The maximum absolute atomic E-state index is 13.0. The monoisotopic (exact) mass is 947 g/mol. The van der Waals surface area contributed by atoms with Crippen LogP contribution in [0.1, 0.15) is 89.7 Å². The van der Waals surface area contributed by atoms with E-state index in [1.165, 1.54) is 21.8 Å². The van der Waals surface area contributed by atoms with E-state index in [2.05, 4.69) is 31.2 Å². The van der Waals surface area contributed by atoms with Crippen molar-refractivity contribution in [3.8, 4) is 0 Å². The van der Waals surface area contributed by atoms with Gasteiger partial charge >= 0.3 is 11.9 Å². The number of anilines is 3. The summed E-state index contributed by atoms with van der Waals surface area (Å²) >= 11 is 0. The summed E-state index contributed by atoms with van der Waals surface area (Å²) in [6, 6.07) is 33.3. The van der Waals surface area contributed by atoms with Crippen molar-refractivity contribution < 1.29 is 38.2 Å². The van der Waals surface area contributed by atoms with Crippen molar-refractivity contribution in [2.45, 2.75) is 58.9 Å². The summed E-state index contributed by atoms with van der Waals surface area (Å²) in [5.74, 6) is -1.95. The molecule has 0 radical (unpaired) electrons. The Morgan fingerprint density at radius 1 is 0.771 bits per heavy atom. The smallest absolute Gasteiger partial charge is 0.361 e. The zero-order valence-corrected chi connectivity index (χ0v) is 38.8. The topological polar surface area (TPSA) is 260 Å². The van der Waals surface area contributed by atoms with Crippen molar-refractivity contribution in [1.29, 1.82) is 0 Å². The molecule has 1 aliphatic carbocycles. The second kappa shape index (κ2) is 22.8. The van der Waals surface area contributed by atoms with Crippen molar-refractivity contribution in [3.63, 3.8) is 0 Å². The Hall–Kier alpha value is -8.87. The van der Waals surface area contributed by atoms with E-state index in [1.807, 2.05) is 61.7 Å². The van der Waals surface area contributed by atoms with Gasteiger partial charge in [0.25, 0.3) is 5.91 Å². The Morgan fingerprint density at radius 3 is 2.01 bits per heavy atom. The predicted molar refractivity (Wildman–Crippen MR) is 262 cm³/mol. The minimum atomic E-state index is -0.587. The van der Waals surface area contributed by atoms with E-state index in [0.29, 0.717) is 22.4 Å². The lowest BCUT2D eigenvalue weighted by Crippen LogP contribution is -2.42. The van der Waals surface area contributed by atoms with Gasteiger partial charge in [0.15, 0.2) is 17.3 Å². The van der Waals surface area contributed by atoms with Gasteiger partial charge in [-0.3, -0.25) is 23.9 Å². The fraction of sp³-hybridized carbons (Fsp3) is 0.235. The van der Waals surface area contributed by atoms with Crippen LogP contribution in [0, 0.1) is 12.8 Å². The third-order valence-corrected chi connectivity index (χ3v) is 11.0. The summed E-state index contributed by atoms with van der Waals surface area (Å²) in [4.78, 5) is 72.6. The average Bonchev–Trinajstić information content (AvgIpc) is 3.60. The molecule has 360 valence electrons. The zero-order chi connectivity index (χ0) is 49.7. The molecule has 1 saturated carbocycles. The second-order valence-corrected chi connectivity index (χ2v) is 16.2. The van der Waals surface area contributed by atoms with E-state index in [-0.39, 0.29) is 84.7 Å². The van der Waals surface area contributed by atoms with Crippen molar-refractivity contribution in [2.75, 3.05) is 30.0 Å². The molecular weight excluding hydrogens is 895 g/mol. The van der Waals surface area contributed by atoms with Crippen LogP contribution in [-0.4, -0.2) is 91.5 Å². The summed E-state index contributed by atoms with van der Waals surface area (Å²) < 4.78 is 12.3. The molecule has 4 aromatic carbocycles. The molecule has 6 aromatic rings. The van der Waals surface area contributed by atoms with Gasteiger partial charge in [0.2, 0.25) is 5.91 Å². The van der Waals surface area contributed by atoms with Gasteiger partial charge in [0.05, 0.1) is 30.8 Å². The highest BCUT2D eigenvalue weighted by Gasteiger charge is 2.39. The van der Waals surface area contributed by atoms with Crippen LogP contribution in [0.4, 0.5) is 17.2 Å². The van der Waals surface area contributed by atoms with Crippen molar-refractivity contribution in [3.05, 3.63) is 167 Å². The molecule has 0 spiro atoms. The van der Waals surface area contributed by atoms with Crippen LogP contribution in [0.2, 0.25) is 0 Å². The molecule has 2 aromatic heterocycles. The van der Waals surface area contributed by atoms with Crippen molar-refractivity contribution in [2.24, 2.45) is 11.0 Å². The highest BCUT2D eigenvalue weighted by atomic mass is 16.5. The number of fused-ring (bicyclic) bond motifs is 1. The Morgan fingerprint density at radius 2 is 1.39 bits per heavy atom. The lowest BCUT2D eigenvalue weighted by Gasteiger charge is -2.21. The molecular formula is C51H53N11O8. The fourth-order valence-electron chi connectivity index (χ4n) is 7.14. The number of hydrogen-bond donors (Lipinski definition) is 5. The first kappa shape index (κ1) is 49.0. The molecule has 2 atom stereocenters. The maximum Gasteiger partial charge on any atom is 0.361 e. The molecule has 7 N–H and O–H groups in total. The predicted octanol–water partition coefficient (Wildman–Crippen LogP) is 5.72. The van der Waals surface area contributed by atoms with E-state index < -0.39 is 17.9 Å². The molecule has 9 rings (SSSR count). The number of rotatable bonds is 15. The number of hydrogen-bond acceptors (Lipinski definition) is 15. The number of nitrogens with zero attached hydrogens (tertiary/aromatic N) is 6. The largest absolute Gasteiger partial charge is 0.462 e. The summed E-state index contributed by atoms with van der Waals surface area (Å²) in [7, 11) is 0. The first-order chi connectivity index (χ1) is 33.8. The summed E-state index contributed by atoms with van der Waals surface area (Å²) in [5.41, 5.74) is 17.1. The van der Waals surface area contributed by atoms with Crippen LogP contribution in [0.25, 0.3) is 5.70 Å². The van der Waals surface area contributed by atoms with Crippen LogP contribution in [0.15, 0.2) is 133 Å². The maximum atomic E-state index is 13.0. The number of carbonyl (C=O) groups excluding carboxylic acids is 6.